The first-order valence-corrected chi connectivity index (χ1v) is 12.4. The van der Waals surface area contributed by atoms with Gasteiger partial charge in [-0.05, 0) is 68.1 Å². The SMILES string of the molecule is CCOc1cc(/C=N\NC(=O)[C@@H](CC(C)C)NC(=O)[C@@H](C)Oc2ccc(Cl)cc2Cl)ccc1OCC#N. The van der Waals surface area contributed by atoms with Crippen LogP contribution in [0.5, 0.6) is 17.2 Å². The molecule has 2 rings (SSSR count). The number of hydrogen-bond donors (Lipinski definition) is 2. The minimum Gasteiger partial charge on any atom is -0.490 e. The Morgan fingerprint density at radius 2 is 1.78 bits per heavy atom. The zero-order chi connectivity index (χ0) is 27.4. The third kappa shape index (κ3) is 9.83. The molecule has 0 aliphatic rings. The maximum atomic E-state index is 12.8. The van der Waals surface area contributed by atoms with Crippen LogP contribution in [-0.2, 0) is 9.59 Å². The second-order valence-electron chi connectivity index (χ2n) is 8.35. The molecule has 37 heavy (non-hydrogen) atoms. The molecule has 9 nitrogen and oxygen atoms in total. The molecule has 0 unspecified atom stereocenters. The number of carbonyl (C=O) groups excluding carboxylic acids is 2. The van der Waals surface area contributed by atoms with Crippen molar-refractivity contribution >= 4 is 41.2 Å². The van der Waals surface area contributed by atoms with Gasteiger partial charge in [-0.1, -0.05) is 37.0 Å². The predicted octanol–water partition coefficient (Wildman–Crippen LogP) is 4.74. The van der Waals surface area contributed by atoms with E-state index in [9.17, 15) is 9.59 Å². The number of nitrogens with one attached hydrogen (secondary N) is 2. The van der Waals surface area contributed by atoms with Gasteiger partial charge < -0.3 is 19.5 Å². The maximum absolute atomic E-state index is 12.8. The molecule has 0 spiro atoms. The summed E-state index contributed by atoms with van der Waals surface area (Å²) in [5, 5.41) is 16.2. The molecular weight excluding hydrogens is 519 g/mol. The number of hydrogen-bond acceptors (Lipinski definition) is 7. The lowest BCUT2D eigenvalue weighted by atomic mass is 10.0. The van der Waals surface area contributed by atoms with Gasteiger partial charge in [0.2, 0.25) is 0 Å². The molecule has 2 amide bonds. The van der Waals surface area contributed by atoms with Crippen LogP contribution in [0.25, 0.3) is 0 Å². The van der Waals surface area contributed by atoms with Crippen molar-refractivity contribution in [2.24, 2.45) is 11.0 Å². The van der Waals surface area contributed by atoms with E-state index in [1.165, 1.54) is 12.3 Å². The zero-order valence-electron chi connectivity index (χ0n) is 21.1. The molecule has 0 bridgehead atoms. The van der Waals surface area contributed by atoms with Crippen LogP contribution >= 0.6 is 23.2 Å². The van der Waals surface area contributed by atoms with E-state index in [1.807, 2.05) is 26.8 Å². The van der Waals surface area contributed by atoms with Gasteiger partial charge in [-0.3, -0.25) is 9.59 Å². The molecule has 0 saturated heterocycles. The van der Waals surface area contributed by atoms with Crippen LogP contribution in [-0.4, -0.2) is 43.4 Å². The Morgan fingerprint density at radius 1 is 1.05 bits per heavy atom. The fourth-order valence-corrected chi connectivity index (χ4v) is 3.61. The second-order valence-corrected chi connectivity index (χ2v) is 9.19. The lowest BCUT2D eigenvalue weighted by Crippen LogP contribution is -2.49. The Kier molecular flexibility index (Phi) is 12.0. The molecule has 0 saturated carbocycles. The van der Waals surface area contributed by atoms with Crippen LogP contribution < -0.4 is 25.0 Å². The highest BCUT2D eigenvalue weighted by Crippen LogP contribution is 2.29. The Hall–Kier alpha value is -3.48. The van der Waals surface area contributed by atoms with Crippen molar-refractivity contribution in [3.05, 3.63) is 52.0 Å². The molecule has 198 valence electrons. The first kappa shape index (κ1) is 29.7. The number of rotatable bonds is 13. The van der Waals surface area contributed by atoms with Gasteiger partial charge in [-0.25, -0.2) is 5.43 Å². The molecule has 0 fully saturated rings. The highest BCUT2D eigenvalue weighted by molar-refractivity contribution is 6.35. The predicted molar refractivity (Wildman–Crippen MR) is 142 cm³/mol. The van der Waals surface area contributed by atoms with E-state index in [-0.39, 0.29) is 17.5 Å². The van der Waals surface area contributed by atoms with Crippen LogP contribution in [0.4, 0.5) is 0 Å². The number of hydrazone groups is 1. The molecule has 11 heteroatoms. The Balaban J connectivity index is 2.04. The summed E-state index contributed by atoms with van der Waals surface area (Å²) < 4.78 is 16.5. The molecular formula is C26H30Cl2N4O5. The smallest absolute Gasteiger partial charge is 0.262 e. The lowest BCUT2D eigenvalue weighted by Gasteiger charge is -2.22. The van der Waals surface area contributed by atoms with Crippen molar-refractivity contribution in [3.8, 4) is 23.3 Å². The van der Waals surface area contributed by atoms with E-state index >= 15 is 0 Å². The third-order valence-corrected chi connectivity index (χ3v) is 5.39. The highest BCUT2D eigenvalue weighted by atomic mass is 35.5. The van der Waals surface area contributed by atoms with E-state index in [0.29, 0.717) is 40.9 Å². The highest BCUT2D eigenvalue weighted by Gasteiger charge is 2.25. The third-order valence-electron chi connectivity index (χ3n) is 4.86. The van der Waals surface area contributed by atoms with Gasteiger partial charge in [-0.15, -0.1) is 0 Å². The fourth-order valence-electron chi connectivity index (χ4n) is 3.16. The average Bonchev–Trinajstić information content (AvgIpc) is 2.84. The first-order valence-electron chi connectivity index (χ1n) is 11.7. The Bertz CT molecular complexity index is 1150. The lowest BCUT2D eigenvalue weighted by molar-refractivity contribution is -0.132. The van der Waals surface area contributed by atoms with E-state index in [4.69, 9.17) is 42.7 Å². The molecule has 2 atom stereocenters. The van der Waals surface area contributed by atoms with E-state index in [1.54, 1.807) is 37.3 Å². The van der Waals surface area contributed by atoms with Crippen LogP contribution in [0.2, 0.25) is 10.0 Å². The summed E-state index contributed by atoms with van der Waals surface area (Å²) in [6, 6.07) is 10.8. The average molecular weight is 549 g/mol. The molecule has 0 aromatic heterocycles. The number of amides is 2. The van der Waals surface area contributed by atoms with Crippen molar-refractivity contribution < 1.29 is 23.8 Å². The number of benzene rings is 2. The Labute approximate surface area is 226 Å². The van der Waals surface area contributed by atoms with Crippen molar-refractivity contribution in [2.45, 2.75) is 46.3 Å². The van der Waals surface area contributed by atoms with Gasteiger partial charge in [0.15, 0.2) is 24.2 Å². The molecule has 0 heterocycles. The Morgan fingerprint density at radius 3 is 2.43 bits per heavy atom. The zero-order valence-corrected chi connectivity index (χ0v) is 22.6. The maximum Gasteiger partial charge on any atom is 0.262 e. The van der Waals surface area contributed by atoms with E-state index < -0.39 is 24.0 Å². The molecule has 2 aromatic rings. The quantitative estimate of drug-likeness (QED) is 0.275. The second kappa shape index (κ2) is 14.9. The van der Waals surface area contributed by atoms with Crippen molar-refractivity contribution in [1.82, 2.24) is 10.7 Å². The van der Waals surface area contributed by atoms with Crippen LogP contribution in [0.1, 0.15) is 39.7 Å². The van der Waals surface area contributed by atoms with Crippen LogP contribution in [0.3, 0.4) is 0 Å². The van der Waals surface area contributed by atoms with Gasteiger partial charge >= 0.3 is 0 Å². The normalized spacial score (nSPS) is 12.5. The van der Waals surface area contributed by atoms with Gasteiger partial charge in [0.05, 0.1) is 17.8 Å². The monoisotopic (exact) mass is 548 g/mol. The number of carbonyl (C=O) groups is 2. The summed E-state index contributed by atoms with van der Waals surface area (Å²) in [4.78, 5) is 25.6. The minimum absolute atomic E-state index is 0.108. The summed E-state index contributed by atoms with van der Waals surface area (Å²) in [5.74, 6) is 0.350. The summed E-state index contributed by atoms with van der Waals surface area (Å²) >= 11 is 12.0. The van der Waals surface area contributed by atoms with Gasteiger partial charge in [0.25, 0.3) is 11.8 Å². The van der Waals surface area contributed by atoms with Gasteiger partial charge in [0, 0.05) is 5.02 Å². The van der Waals surface area contributed by atoms with Gasteiger partial charge in [0.1, 0.15) is 17.9 Å². The molecule has 0 aliphatic carbocycles. The molecule has 2 N–H and O–H groups in total. The first-order chi connectivity index (χ1) is 17.6. The van der Waals surface area contributed by atoms with E-state index in [0.717, 1.165) is 0 Å². The summed E-state index contributed by atoms with van der Waals surface area (Å²) in [5.41, 5.74) is 3.11. The summed E-state index contributed by atoms with van der Waals surface area (Å²) in [6.45, 7) is 7.56. The van der Waals surface area contributed by atoms with Crippen LogP contribution in [0.15, 0.2) is 41.5 Å². The molecule has 0 aliphatic heterocycles. The standard InChI is InChI=1S/C26H30Cl2N4O5/c1-5-35-24-13-18(6-8-23(24)36-11-10-29)15-30-32-26(34)21(12-16(2)3)31-25(33)17(4)37-22-9-7-19(27)14-20(22)28/h6-9,13-17,21H,5,11-12H2,1-4H3,(H,31,33)(H,32,34)/b30-15-/t17-,21-/m1/s1. The van der Waals surface area contributed by atoms with Crippen molar-refractivity contribution in [3.63, 3.8) is 0 Å². The largest absolute Gasteiger partial charge is 0.490 e. The fraction of sp³-hybridized carbons (Fsp3) is 0.385. The number of nitrogens with zero attached hydrogens (tertiary/aromatic N) is 2. The van der Waals surface area contributed by atoms with E-state index in [2.05, 4.69) is 15.8 Å². The van der Waals surface area contributed by atoms with Gasteiger partial charge in [-0.2, -0.15) is 10.4 Å². The van der Waals surface area contributed by atoms with Crippen molar-refractivity contribution in [2.75, 3.05) is 13.2 Å². The number of ether oxygens (including phenoxy) is 3. The van der Waals surface area contributed by atoms with Crippen LogP contribution in [0, 0.1) is 17.2 Å². The summed E-state index contributed by atoms with van der Waals surface area (Å²) in [7, 11) is 0. The molecule has 2 aromatic carbocycles. The molecule has 0 radical (unpaired) electrons. The topological polar surface area (TPSA) is 122 Å². The minimum atomic E-state index is -0.914. The summed E-state index contributed by atoms with van der Waals surface area (Å²) in [6.07, 6.45) is 0.918. The number of nitriles is 1. The van der Waals surface area contributed by atoms with Crippen molar-refractivity contribution in [1.29, 1.82) is 5.26 Å². The number of halogens is 2.